The molecule has 3 aromatic heterocycles. The van der Waals surface area contributed by atoms with Crippen LogP contribution in [0, 0.1) is 6.92 Å². The number of anilines is 1. The summed E-state index contributed by atoms with van der Waals surface area (Å²) in [7, 11) is -9.35. The molecular formula is C67H57Cl2F3N8O5S2. The number of aromatic amines is 3. The molecule has 0 fully saturated rings. The van der Waals surface area contributed by atoms with Crippen molar-refractivity contribution in [3.8, 4) is 33.4 Å². The smallest absolute Gasteiger partial charge is 0.342 e. The van der Waals surface area contributed by atoms with Crippen LogP contribution in [0.3, 0.4) is 0 Å². The number of nitrogens with two attached hydrogens (primary N) is 1. The van der Waals surface area contributed by atoms with Crippen LogP contribution in [0.4, 0.5) is 18.9 Å². The zero-order valence-corrected chi connectivity index (χ0v) is 50.1. The molecule has 12 aromatic rings. The monoisotopic (exact) mass is 1240 g/mol. The number of imidazole rings is 3. The Kier molecular flexibility index (Phi) is 18.5. The van der Waals surface area contributed by atoms with Gasteiger partial charge in [0, 0.05) is 46.0 Å². The SMILES string of the molecule is CC(=O)c1ccccc1-c1ccc2nc(CCc3cccc(C)c3)[nH]c2c1.NS(=O)(=O)c1ccccc1-c1ccc2nc(CCc3cccc(Cl)c3)[nH]c2c1.O=S(=O)(Nc1ccccc1-c1ccc2nc(CCc3cccc(Cl)c3)[nH]c2c1)C(F)(F)F. The Morgan fingerprint density at radius 2 is 0.908 bits per heavy atom. The average Bonchev–Trinajstić information content (AvgIpc) is 2.64. The van der Waals surface area contributed by atoms with Crippen molar-refractivity contribution in [2.24, 2.45) is 5.14 Å². The van der Waals surface area contributed by atoms with E-state index in [1.807, 2.05) is 97.1 Å². The molecule has 20 heteroatoms. The number of nitrogens with zero attached hydrogens (tertiary/aromatic N) is 3. The largest absolute Gasteiger partial charge is 0.516 e. The molecule has 3 heterocycles. The second kappa shape index (κ2) is 26.4. The number of aromatic nitrogens is 6. The number of sulfonamides is 2. The van der Waals surface area contributed by atoms with Crippen LogP contribution >= 0.6 is 23.2 Å². The zero-order valence-electron chi connectivity index (χ0n) is 47.0. The first-order valence-corrected chi connectivity index (χ1v) is 31.3. The predicted octanol–water partition coefficient (Wildman–Crippen LogP) is 15.8. The van der Waals surface area contributed by atoms with Gasteiger partial charge in [0.25, 0.3) is 0 Å². The molecule has 9 aromatic carbocycles. The standard InChI is InChI=1S/C24H22N2O.C22H17ClF3N3O2S.C21H18ClN3O2S/c1-16-6-5-7-18(14-16)10-13-24-25-22-12-11-19(15-23(22)26-24)21-9-4-3-8-20(21)17(2)27;23-16-5-3-4-14(12-16)8-11-21-27-19-10-9-15(13-20(19)28-21)17-6-1-2-7-18(17)29-32(30,31)22(24,25)26;22-16-5-3-4-14(12-16)8-11-21-24-18-10-9-15(13-19(18)25-21)17-6-1-2-7-20(17)28(23,26)27/h3-9,11-12,14-15H,10,13H2,1-2H3,(H,25,26);1-7,9-10,12-13,29H,8,11H2,(H,27,28);1-7,9-10,12-13H,8,11H2,(H,24,25)(H2,23,26,27). The maximum Gasteiger partial charge on any atom is 0.516 e. The third-order valence-electron chi connectivity index (χ3n) is 14.3. The van der Waals surface area contributed by atoms with Gasteiger partial charge in [0.05, 0.1) is 43.7 Å². The quantitative estimate of drug-likeness (QED) is 0.0586. The van der Waals surface area contributed by atoms with Crippen molar-refractivity contribution < 1.29 is 34.8 Å². The fourth-order valence-electron chi connectivity index (χ4n) is 10.1. The normalized spacial score (nSPS) is 11.7. The number of hydrogen-bond acceptors (Lipinski definition) is 8. The van der Waals surface area contributed by atoms with Crippen molar-refractivity contribution in [3.63, 3.8) is 0 Å². The van der Waals surface area contributed by atoms with Crippen molar-refractivity contribution in [2.75, 3.05) is 4.72 Å². The van der Waals surface area contributed by atoms with Gasteiger partial charge in [-0.15, -0.1) is 0 Å². The Hall–Kier alpha value is -8.91. The fourth-order valence-corrected chi connectivity index (χ4v) is 11.9. The lowest BCUT2D eigenvalue weighted by molar-refractivity contribution is -0.0429. The number of carbonyl (C=O) groups excluding carboxylic acids is 1. The van der Waals surface area contributed by atoms with Crippen LogP contribution in [0.5, 0.6) is 0 Å². The summed E-state index contributed by atoms with van der Waals surface area (Å²) in [6, 6.07) is 61.2. The second-order valence-electron chi connectivity index (χ2n) is 20.7. The van der Waals surface area contributed by atoms with E-state index < -0.39 is 25.6 Å². The lowest BCUT2D eigenvalue weighted by Gasteiger charge is -2.14. The summed E-state index contributed by atoms with van der Waals surface area (Å²) in [4.78, 5) is 35.9. The Balaban J connectivity index is 0.000000145. The number of hydrogen-bond donors (Lipinski definition) is 5. The van der Waals surface area contributed by atoms with Crippen LogP contribution in [0.15, 0.2) is 205 Å². The molecule has 12 rings (SSSR count). The van der Waals surface area contributed by atoms with Crippen molar-refractivity contribution in [3.05, 3.63) is 256 Å². The van der Waals surface area contributed by atoms with Gasteiger partial charge in [0.15, 0.2) is 5.78 Å². The number of fused-ring (bicyclic) bond motifs is 3. The Morgan fingerprint density at radius 1 is 0.494 bits per heavy atom. The maximum atomic E-state index is 12.8. The molecule has 0 atom stereocenters. The Bertz CT molecular complexity index is 4720. The number of rotatable bonds is 16. The number of alkyl halides is 3. The van der Waals surface area contributed by atoms with Crippen LogP contribution in [-0.4, -0.2) is 58.0 Å². The molecule has 13 nitrogen and oxygen atoms in total. The number of Topliss-reactive ketones (excluding diaryl/α,β-unsaturated/α-hetero) is 1. The number of carbonyl (C=O) groups is 1. The number of primary sulfonamides is 1. The van der Waals surface area contributed by atoms with Crippen LogP contribution in [0.2, 0.25) is 10.0 Å². The molecule has 0 unspecified atom stereocenters. The fraction of sp³-hybridized carbons (Fsp3) is 0.134. The lowest BCUT2D eigenvalue weighted by Crippen LogP contribution is -2.30. The molecule has 442 valence electrons. The van der Waals surface area contributed by atoms with E-state index in [4.69, 9.17) is 33.3 Å². The van der Waals surface area contributed by atoms with Gasteiger partial charge in [-0.3, -0.25) is 9.52 Å². The molecule has 0 radical (unpaired) electrons. The maximum absolute atomic E-state index is 12.8. The van der Waals surface area contributed by atoms with Crippen molar-refractivity contribution in [1.29, 1.82) is 0 Å². The second-order valence-corrected chi connectivity index (χ2v) is 24.8. The highest BCUT2D eigenvalue weighted by Crippen LogP contribution is 2.35. The van der Waals surface area contributed by atoms with Gasteiger partial charge in [-0.25, -0.2) is 28.5 Å². The highest BCUT2D eigenvalue weighted by Gasteiger charge is 2.46. The topological polar surface area (TPSA) is 209 Å². The minimum atomic E-state index is -5.54. The summed E-state index contributed by atoms with van der Waals surface area (Å²) < 4.78 is 87.0. The van der Waals surface area contributed by atoms with Crippen LogP contribution in [0.1, 0.15) is 57.0 Å². The van der Waals surface area contributed by atoms with E-state index in [0.29, 0.717) is 39.2 Å². The summed E-state index contributed by atoms with van der Waals surface area (Å²) >= 11 is 12.1. The van der Waals surface area contributed by atoms with Crippen LogP contribution in [0.25, 0.3) is 66.5 Å². The van der Waals surface area contributed by atoms with Crippen molar-refractivity contribution >= 4 is 87.8 Å². The molecule has 87 heavy (non-hydrogen) atoms. The Morgan fingerprint density at radius 3 is 1.37 bits per heavy atom. The number of ketones is 1. The molecule has 0 aliphatic carbocycles. The predicted molar refractivity (Wildman–Crippen MR) is 341 cm³/mol. The molecule has 0 spiro atoms. The van der Waals surface area contributed by atoms with Crippen LogP contribution in [-0.2, 0) is 58.6 Å². The van der Waals surface area contributed by atoms with E-state index >= 15 is 0 Å². The number of halogens is 5. The number of nitrogens with one attached hydrogen (secondary N) is 4. The summed E-state index contributed by atoms with van der Waals surface area (Å²) in [6.45, 7) is 3.72. The van der Waals surface area contributed by atoms with Gasteiger partial charge in [-0.2, -0.15) is 21.6 Å². The van der Waals surface area contributed by atoms with E-state index in [1.165, 1.54) is 29.3 Å². The molecule has 0 aliphatic heterocycles. The minimum Gasteiger partial charge on any atom is -0.342 e. The number of para-hydroxylation sites is 1. The third kappa shape index (κ3) is 15.4. The molecule has 6 N–H and O–H groups in total. The van der Waals surface area contributed by atoms with Gasteiger partial charge in [-0.05, 0) is 145 Å². The number of benzene rings is 9. The van der Waals surface area contributed by atoms with Gasteiger partial charge >= 0.3 is 15.5 Å². The lowest BCUT2D eigenvalue weighted by atomic mass is 9.97. The molecule has 0 aliphatic rings. The third-order valence-corrected chi connectivity index (χ3v) is 16.9. The summed E-state index contributed by atoms with van der Waals surface area (Å²) in [6.07, 6.45) is 4.78. The minimum absolute atomic E-state index is 0.0779. The zero-order chi connectivity index (χ0) is 61.5. The summed E-state index contributed by atoms with van der Waals surface area (Å²) in [5.74, 6) is 2.69. The first kappa shape index (κ1) is 61.2. The molecule has 0 saturated carbocycles. The van der Waals surface area contributed by atoms with E-state index in [1.54, 1.807) is 66.2 Å². The number of H-pyrrole nitrogens is 3. The highest BCUT2D eigenvalue weighted by atomic mass is 35.5. The van der Waals surface area contributed by atoms with E-state index in [9.17, 15) is 34.8 Å². The van der Waals surface area contributed by atoms with Crippen LogP contribution < -0.4 is 9.86 Å². The number of aryl methyl sites for hydroxylation is 7. The average molecular weight is 1250 g/mol. The molecule has 0 amide bonds. The van der Waals surface area contributed by atoms with E-state index in [-0.39, 0.29) is 16.4 Å². The first-order valence-electron chi connectivity index (χ1n) is 27.5. The van der Waals surface area contributed by atoms with Gasteiger partial charge < -0.3 is 15.0 Å². The first-order chi connectivity index (χ1) is 41.6. The van der Waals surface area contributed by atoms with E-state index in [2.05, 4.69) is 62.2 Å². The van der Waals surface area contributed by atoms with E-state index in [0.717, 1.165) is 110 Å². The van der Waals surface area contributed by atoms with Gasteiger partial charge in [-0.1, -0.05) is 156 Å². The highest BCUT2D eigenvalue weighted by molar-refractivity contribution is 7.93. The summed E-state index contributed by atoms with van der Waals surface area (Å²) in [5.41, 5.74) is 9.23. The van der Waals surface area contributed by atoms with Gasteiger partial charge in [0.1, 0.15) is 17.5 Å². The molecule has 0 saturated heterocycles. The van der Waals surface area contributed by atoms with Crippen molar-refractivity contribution in [2.45, 2.75) is 62.8 Å². The van der Waals surface area contributed by atoms with Gasteiger partial charge in [0.2, 0.25) is 10.0 Å². The Labute approximate surface area is 511 Å². The molecular weight excluding hydrogens is 1190 g/mol. The van der Waals surface area contributed by atoms with Crippen molar-refractivity contribution in [1.82, 2.24) is 29.9 Å². The summed E-state index contributed by atoms with van der Waals surface area (Å²) in [5, 5.41) is 6.75. The molecule has 0 bridgehead atoms.